The molecule has 4 aromatic rings. The van der Waals surface area contributed by atoms with Crippen molar-refractivity contribution >= 4 is 70.1 Å². The van der Waals surface area contributed by atoms with E-state index in [0.717, 1.165) is 4.90 Å². The van der Waals surface area contributed by atoms with Crippen molar-refractivity contribution in [1.82, 2.24) is 5.32 Å². The predicted molar refractivity (Wildman–Crippen MR) is 172 cm³/mol. The van der Waals surface area contributed by atoms with Gasteiger partial charge in [0, 0.05) is 37.8 Å². The minimum Gasteiger partial charge on any atom is -0.497 e. The van der Waals surface area contributed by atoms with Crippen LogP contribution in [-0.2, 0) is 9.59 Å². The Balaban J connectivity index is 1.48. The number of ether oxygens (including phenoxy) is 2. The lowest BCUT2D eigenvalue weighted by Gasteiger charge is -2.13. The summed E-state index contributed by atoms with van der Waals surface area (Å²) in [5, 5.41) is 8.93. The fourth-order valence-corrected chi connectivity index (χ4v) is 5.11. The van der Waals surface area contributed by atoms with Gasteiger partial charge >= 0.3 is 0 Å². The quantitative estimate of drug-likeness (QED) is 0.119. The molecule has 0 bridgehead atoms. The van der Waals surface area contributed by atoms with Gasteiger partial charge in [0.1, 0.15) is 17.2 Å². The largest absolute Gasteiger partial charge is 0.497 e. The van der Waals surface area contributed by atoms with Gasteiger partial charge in [-0.05, 0) is 60.7 Å². The lowest BCUT2D eigenvalue weighted by Crippen LogP contribution is -2.30. The molecule has 0 aliphatic carbocycles. The molecule has 0 fully saturated rings. The number of amides is 3. The smallest absolute Gasteiger partial charge is 0.272 e. The van der Waals surface area contributed by atoms with E-state index in [-0.39, 0.29) is 17.4 Å². The van der Waals surface area contributed by atoms with Crippen molar-refractivity contribution in [1.29, 1.82) is 0 Å². The van der Waals surface area contributed by atoms with Crippen molar-refractivity contribution in [2.75, 3.05) is 30.6 Å². The molecule has 0 unspecified atom stereocenters. The first-order chi connectivity index (χ1) is 20.8. The second kappa shape index (κ2) is 15.2. The van der Waals surface area contributed by atoms with E-state index >= 15 is 0 Å². The summed E-state index contributed by atoms with van der Waals surface area (Å²) in [5.41, 5.74) is 1.63. The molecule has 11 heteroatoms. The van der Waals surface area contributed by atoms with Crippen molar-refractivity contribution in [3.05, 3.63) is 118 Å². The highest BCUT2D eigenvalue weighted by atomic mass is 35.5. The molecular weight excluding hydrogens is 609 g/mol. The molecule has 0 saturated carbocycles. The Bertz CT molecular complexity index is 1640. The van der Waals surface area contributed by atoms with Crippen molar-refractivity contribution in [2.24, 2.45) is 0 Å². The van der Waals surface area contributed by atoms with E-state index in [1.165, 1.54) is 32.1 Å². The summed E-state index contributed by atoms with van der Waals surface area (Å²) in [7, 11) is 3.06. The number of anilines is 2. The van der Waals surface area contributed by atoms with Gasteiger partial charge in [-0.1, -0.05) is 53.5 Å². The van der Waals surface area contributed by atoms with Crippen molar-refractivity contribution in [3.63, 3.8) is 0 Å². The van der Waals surface area contributed by atoms with Crippen molar-refractivity contribution in [3.8, 4) is 11.5 Å². The number of hydrogen-bond donors (Lipinski definition) is 3. The van der Waals surface area contributed by atoms with E-state index in [9.17, 15) is 14.4 Å². The van der Waals surface area contributed by atoms with Crippen LogP contribution in [-0.4, -0.2) is 37.7 Å². The number of halogens is 2. The summed E-state index contributed by atoms with van der Waals surface area (Å²) in [6.07, 6.45) is 1.43. The Morgan fingerprint density at radius 1 is 0.814 bits per heavy atom. The Hall–Kier alpha value is -4.44. The Morgan fingerprint density at radius 2 is 1.53 bits per heavy atom. The summed E-state index contributed by atoms with van der Waals surface area (Å²) in [6.45, 7) is 0. The molecular formula is C32H27Cl2N3O5S. The molecule has 0 aromatic heterocycles. The van der Waals surface area contributed by atoms with Gasteiger partial charge < -0.3 is 25.4 Å². The van der Waals surface area contributed by atoms with Crippen LogP contribution in [0.1, 0.15) is 15.9 Å². The molecule has 0 atom stereocenters. The SMILES string of the molecule is COc1ccc(OC)c(NC(=O)CSc2cccc(NC(=O)/C(=C\c3c(Cl)cccc3Cl)NC(=O)c3ccccc3)c2)c1. The third-order valence-corrected chi connectivity index (χ3v) is 7.61. The number of nitrogens with one attached hydrogen (secondary N) is 3. The second-order valence-electron chi connectivity index (χ2n) is 8.90. The van der Waals surface area contributed by atoms with Crippen LogP contribution >= 0.6 is 35.0 Å². The highest BCUT2D eigenvalue weighted by Crippen LogP contribution is 2.30. The Morgan fingerprint density at radius 3 is 2.23 bits per heavy atom. The minimum absolute atomic E-state index is 0.0616. The van der Waals surface area contributed by atoms with Crippen LogP contribution in [0, 0.1) is 0 Å². The van der Waals surface area contributed by atoms with Crippen LogP contribution in [0.5, 0.6) is 11.5 Å². The number of carbonyl (C=O) groups excluding carboxylic acids is 3. The van der Waals surface area contributed by atoms with Gasteiger partial charge in [0.05, 0.1) is 25.7 Å². The molecule has 0 radical (unpaired) electrons. The lowest BCUT2D eigenvalue weighted by molar-refractivity contribution is -0.114. The average molecular weight is 637 g/mol. The first-order valence-electron chi connectivity index (χ1n) is 12.9. The number of benzene rings is 4. The van der Waals surface area contributed by atoms with Crippen LogP contribution in [0.3, 0.4) is 0 Å². The van der Waals surface area contributed by atoms with Crippen LogP contribution in [0.2, 0.25) is 10.0 Å². The number of thioether (sulfide) groups is 1. The number of rotatable bonds is 11. The monoisotopic (exact) mass is 635 g/mol. The lowest BCUT2D eigenvalue weighted by atomic mass is 10.1. The highest BCUT2D eigenvalue weighted by molar-refractivity contribution is 8.00. The van der Waals surface area contributed by atoms with E-state index < -0.39 is 11.8 Å². The molecule has 4 rings (SSSR count). The molecule has 4 aromatic carbocycles. The molecule has 0 heterocycles. The summed E-state index contributed by atoms with van der Waals surface area (Å²) in [5.74, 6) is -0.140. The second-order valence-corrected chi connectivity index (χ2v) is 10.8. The molecule has 0 saturated heterocycles. The normalized spacial score (nSPS) is 10.9. The summed E-state index contributed by atoms with van der Waals surface area (Å²) in [4.78, 5) is 39.8. The number of hydrogen-bond acceptors (Lipinski definition) is 6. The number of methoxy groups -OCH3 is 2. The molecule has 43 heavy (non-hydrogen) atoms. The maximum absolute atomic E-state index is 13.4. The fourth-order valence-electron chi connectivity index (χ4n) is 3.84. The van der Waals surface area contributed by atoms with E-state index in [1.54, 1.807) is 84.9 Å². The zero-order valence-electron chi connectivity index (χ0n) is 23.2. The van der Waals surface area contributed by atoms with Gasteiger partial charge in [-0.2, -0.15) is 0 Å². The Labute approximate surface area is 263 Å². The zero-order valence-corrected chi connectivity index (χ0v) is 25.5. The van der Waals surface area contributed by atoms with Gasteiger partial charge in [-0.15, -0.1) is 11.8 Å². The van der Waals surface area contributed by atoms with Gasteiger partial charge in [0.15, 0.2) is 0 Å². The molecule has 0 aliphatic heterocycles. The number of carbonyl (C=O) groups is 3. The van der Waals surface area contributed by atoms with Crippen LogP contribution in [0.15, 0.2) is 102 Å². The third-order valence-electron chi connectivity index (χ3n) is 5.96. The van der Waals surface area contributed by atoms with Crippen molar-refractivity contribution < 1.29 is 23.9 Å². The standard InChI is InChI=1S/C32H27Cl2N3O5S/c1-41-22-14-15-29(42-2)27(17-22)36-30(38)19-43-23-11-6-10-21(16-23)35-32(40)28(18-24-25(33)12-7-13-26(24)34)37-31(39)20-8-4-3-5-9-20/h3-18H,19H2,1-2H3,(H,35,40)(H,36,38)(H,37,39)/b28-18+. The van der Waals surface area contributed by atoms with Gasteiger partial charge in [-0.3, -0.25) is 14.4 Å². The van der Waals surface area contributed by atoms with E-state index in [4.69, 9.17) is 32.7 Å². The van der Waals surface area contributed by atoms with Crippen LogP contribution < -0.4 is 25.4 Å². The fraction of sp³-hybridized carbons (Fsp3) is 0.0938. The average Bonchev–Trinajstić information content (AvgIpc) is 3.01. The summed E-state index contributed by atoms with van der Waals surface area (Å²) < 4.78 is 10.5. The first kappa shape index (κ1) is 31.5. The predicted octanol–water partition coefficient (Wildman–Crippen LogP) is 7.15. The topological polar surface area (TPSA) is 106 Å². The maximum atomic E-state index is 13.4. The molecule has 3 N–H and O–H groups in total. The van der Waals surface area contributed by atoms with Gasteiger partial charge in [0.25, 0.3) is 11.8 Å². The molecule has 0 aliphatic rings. The minimum atomic E-state index is -0.592. The zero-order chi connectivity index (χ0) is 30.8. The Kier molecular flexibility index (Phi) is 11.1. The van der Waals surface area contributed by atoms with Gasteiger partial charge in [-0.25, -0.2) is 0 Å². The van der Waals surface area contributed by atoms with Gasteiger partial charge in [0.2, 0.25) is 5.91 Å². The van der Waals surface area contributed by atoms with E-state index in [1.807, 2.05) is 6.07 Å². The molecule has 3 amide bonds. The van der Waals surface area contributed by atoms with E-state index in [2.05, 4.69) is 16.0 Å². The molecule has 8 nitrogen and oxygen atoms in total. The highest BCUT2D eigenvalue weighted by Gasteiger charge is 2.17. The van der Waals surface area contributed by atoms with Crippen LogP contribution in [0.25, 0.3) is 6.08 Å². The molecule has 0 spiro atoms. The van der Waals surface area contributed by atoms with E-state index in [0.29, 0.717) is 44.0 Å². The molecule has 220 valence electrons. The van der Waals surface area contributed by atoms with Crippen molar-refractivity contribution in [2.45, 2.75) is 4.90 Å². The third kappa shape index (κ3) is 8.78. The van der Waals surface area contributed by atoms with Crippen LogP contribution in [0.4, 0.5) is 11.4 Å². The summed E-state index contributed by atoms with van der Waals surface area (Å²) in [6, 6.07) is 25.5. The maximum Gasteiger partial charge on any atom is 0.272 e. The summed E-state index contributed by atoms with van der Waals surface area (Å²) >= 11 is 13.9. The first-order valence-corrected chi connectivity index (χ1v) is 14.6.